The van der Waals surface area contributed by atoms with E-state index in [1.807, 2.05) is 38.1 Å². The van der Waals surface area contributed by atoms with Crippen molar-refractivity contribution >= 4 is 11.9 Å². The Bertz CT molecular complexity index is 570. The second-order valence-corrected chi connectivity index (χ2v) is 7.04. The van der Waals surface area contributed by atoms with Crippen molar-refractivity contribution in [2.45, 2.75) is 58.5 Å². The van der Waals surface area contributed by atoms with Crippen LogP contribution in [0.25, 0.3) is 0 Å². The predicted octanol–water partition coefficient (Wildman–Crippen LogP) is 3.66. The fraction of sp³-hybridized carbons (Fsp3) is 0.619. The summed E-state index contributed by atoms with van der Waals surface area (Å²) in [6.45, 7) is 8.63. The maximum atomic E-state index is 9.10. The average Bonchev–Trinajstić information content (AvgIpc) is 2.91. The zero-order valence-corrected chi connectivity index (χ0v) is 16.9. The van der Waals surface area contributed by atoms with Gasteiger partial charge in [-0.15, -0.1) is 0 Å². The Morgan fingerprint density at radius 3 is 2.07 bits per heavy atom. The largest absolute Gasteiger partial charge is 0.490 e. The van der Waals surface area contributed by atoms with E-state index in [1.165, 1.54) is 51.7 Å². The van der Waals surface area contributed by atoms with Gasteiger partial charge >= 0.3 is 11.9 Å². The van der Waals surface area contributed by atoms with Crippen molar-refractivity contribution in [1.29, 1.82) is 0 Å². The highest BCUT2D eigenvalue weighted by Gasteiger charge is 2.09. The number of rotatable bonds is 8. The number of likely N-dealkylation sites (tertiary alicyclic amines) is 1. The number of nitrogens with zero attached hydrogens (tertiary/aromatic N) is 1. The van der Waals surface area contributed by atoms with E-state index in [0.717, 1.165) is 24.5 Å². The summed E-state index contributed by atoms with van der Waals surface area (Å²) in [5.74, 6) is -1.93. The summed E-state index contributed by atoms with van der Waals surface area (Å²) in [6, 6.07) is 7.96. The molecule has 0 aromatic heterocycles. The molecule has 1 saturated heterocycles. The molecule has 2 N–H and O–H groups in total. The molecule has 1 aromatic rings. The van der Waals surface area contributed by atoms with Crippen molar-refractivity contribution in [1.82, 2.24) is 4.90 Å². The van der Waals surface area contributed by atoms with Crippen LogP contribution in [0.5, 0.6) is 11.5 Å². The van der Waals surface area contributed by atoms with Crippen LogP contribution in [0.4, 0.5) is 0 Å². The third kappa shape index (κ3) is 10.8. The number of carbonyl (C=O) groups is 2. The number of ether oxygens (including phenoxy) is 2. The number of carboxylic acid groups (broad SMARTS) is 2. The van der Waals surface area contributed by atoms with E-state index in [4.69, 9.17) is 29.3 Å². The minimum Gasteiger partial charge on any atom is -0.490 e. The van der Waals surface area contributed by atoms with Gasteiger partial charge in [-0.25, -0.2) is 9.59 Å². The van der Waals surface area contributed by atoms with E-state index in [2.05, 4.69) is 4.90 Å². The molecule has 158 valence electrons. The van der Waals surface area contributed by atoms with Gasteiger partial charge < -0.3 is 24.6 Å². The summed E-state index contributed by atoms with van der Waals surface area (Å²) in [6.07, 6.45) is 8.05. The molecule has 0 radical (unpaired) electrons. The molecule has 0 unspecified atom stereocenters. The van der Waals surface area contributed by atoms with Gasteiger partial charge in [0.15, 0.2) is 11.5 Å². The second kappa shape index (κ2) is 13.8. The molecule has 0 bridgehead atoms. The Morgan fingerprint density at radius 2 is 1.54 bits per heavy atom. The topological polar surface area (TPSA) is 96.3 Å². The molecular formula is C21H33NO6. The summed E-state index contributed by atoms with van der Waals surface area (Å²) < 4.78 is 11.7. The van der Waals surface area contributed by atoms with Gasteiger partial charge in [-0.2, -0.15) is 0 Å². The van der Waals surface area contributed by atoms with Crippen molar-refractivity contribution in [2.24, 2.45) is 0 Å². The Morgan fingerprint density at radius 1 is 0.964 bits per heavy atom. The molecule has 2 rings (SSSR count). The highest BCUT2D eigenvalue weighted by molar-refractivity contribution is 6.27. The molecule has 7 nitrogen and oxygen atoms in total. The van der Waals surface area contributed by atoms with Crippen molar-refractivity contribution in [3.8, 4) is 11.5 Å². The van der Waals surface area contributed by atoms with Crippen LogP contribution in [0.2, 0.25) is 0 Å². The quantitative estimate of drug-likeness (QED) is 0.512. The molecule has 1 fully saturated rings. The summed E-state index contributed by atoms with van der Waals surface area (Å²) in [5.41, 5.74) is 0. The fourth-order valence-corrected chi connectivity index (χ4v) is 2.90. The predicted molar refractivity (Wildman–Crippen MR) is 107 cm³/mol. The lowest BCUT2D eigenvalue weighted by Gasteiger charge is -2.19. The number of hydrogen-bond donors (Lipinski definition) is 2. The van der Waals surface area contributed by atoms with Crippen molar-refractivity contribution in [3.63, 3.8) is 0 Å². The Hall–Kier alpha value is -2.28. The lowest BCUT2D eigenvalue weighted by Crippen LogP contribution is -2.25. The van der Waals surface area contributed by atoms with Crippen LogP contribution in [0, 0.1) is 0 Å². The smallest absolute Gasteiger partial charge is 0.414 e. The first-order valence-electron chi connectivity index (χ1n) is 9.97. The maximum absolute atomic E-state index is 9.10. The highest BCUT2D eigenvalue weighted by Crippen LogP contribution is 2.27. The van der Waals surface area contributed by atoms with Crippen LogP contribution in [0.3, 0.4) is 0 Å². The lowest BCUT2D eigenvalue weighted by molar-refractivity contribution is -0.159. The van der Waals surface area contributed by atoms with Crippen molar-refractivity contribution in [3.05, 3.63) is 24.3 Å². The molecule has 1 aliphatic heterocycles. The van der Waals surface area contributed by atoms with Gasteiger partial charge in [0.1, 0.15) is 0 Å². The molecule has 7 heteroatoms. The molecule has 0 amide bonds. The van der Waals surface area contributed by atoms with Gasteiger partial charge in [0, 0.05) is 0 Å². The summed E-state index contributed by atoms with van der Waals surface area (Å²) >= 11 is 0. The van der Waals surface area contributed by atoms with E-state index in [1.54, 1.807) is 0 Å². The van der Waals surface area contributed by atoms with Gasteiger partial charge in [-0.3, -0.25) is 0 Å². The molecule has 0 aliphatic carbocycles. The molecule has 1 heterocycles. The third-order valence-corrected chi connectivity index (χ3v) is 4.22. The molecular weight excluding hydrogens is 362 g/mol. The Balaban J connectivity index is 0.000000568. The molecule has 0 spiro atoms. The van der Waals surface area contributed by atoms with E-state index in [-0.39, 0.29) is 6.10 Å². The van der Waals surface area contributed by atoms with E-state index >= 15 is 0 Å². The zero-order chi connectivity index (χ0) is 20.8. The van der Waals surface area contributed by atoms with Crippen LogP contribution in [0.15, 0.2) is 24.3 Å². The first-order chi connectivity index (χ1) is 13.4. The van der Waals surface area contributed by atoms with Gasteiger partial charge in [0.2, 0.25) is 0 Å². The van der Waals surface area contributed by atoms with Gasteiger partial charge in [0.05, 0.1) is 12.7 Å². The normalized spacial score (nSPS) is 14.5. The standard InChI is InChI=1S/C19H31NO2.C2H2O4/c1-17(2)22-19-12-6-5-11-18(19)21-16-10-9-15-20-13-7-3-4-8-14-20;3-1(4)2(5)6/h5-6,11-12,17H,3-4,7-10,13-16H2,1-2H3;(H,3,4)(H,5,6). The molecule has 28 heavy (non-hydrogen) atoms. The third-order valence-electron chi connectivity index (χ3n) is 4.22. The summed E-state index contributed by atoms with van der Waals surface area (Å²) in [7, 11) is 0. The van der Waals surface area contributed by atoms with Crippen LogP contribution in [-0.4, -0.2) is 59.4 Å². The minimum atomic E-state index is -1.82. The summed E-state index contributed by atoms with van der Waals surface area (Å²) in [4.78, 5) is 20.8. The number of carboxylic acids is 2. The van der Waals surface area contributed by atoms with Crippen molar-refractivity contribution in [2.75, 3.05) is 26.2 Å². The Kier molecular flexibility index (Phi) is 11.7. The number of aliphatic carboxylic acids is 2. The highest BCUT2D eigenvalue weighted by atomic mass is 16.5. The SMILES string of the molecule is CC(C)Oc1ccccc1OCCCCN1CCCCCC1.O=C(O)C(=O)O. The first kappa shape index (κ1) is 23.8. The lowest BCUT2D eigenvalue weighted by atomic mass is 10.2. The van der Waals surface area contributed by atoms with Crippen molar-refractivity contribution < 1.29 is 29.3 Å². The fourth-order valence-electron chi connectivity index (χ4n) is 2.90. The molecule has 1 aromatic carbocycles. The number of unbranched alkanes of at least 4 members (excludes halogenated alkanes) is 1. The first-order valence-corrected chi connectivity index (χ1v) is 9.97. The van der Waals surface area contributed by atoms with Crippen LogP contribution in [0.1, 0.15) is 52.4 Å². The molecule has 0 atom stereocenters. The van der Waals surface area contributed by atoms with Gasteiger partial charge in [-0.05, 0) is 71.3 Å². The van der Waals surface area contributed by atoms with Gasteiger partial charge in [0.25, 0.3) is 0 Å². The van der Waals surface area contributed by atoms with Crippen LogP contribution >= 0.6 is 0 Å². The molecule has 1 aliphatic rings. The minimum absolute atomic E-state index is 0.174. The van der Waals surface area contributed by atoms with Crippen LogP contribution in [-0.2, 0) is 9.59 Å². The van der Waals surface area contributed by atoms with E-state index in [0.29, 0.717) is 0 Å². The van der Waals surface area contributed by atoms with Crippen LogP contribution < -0.4 is 9.47 Å². The van der Waals surface area contributed by atoms with E-state index in [9.17, 15) is 0 Å². The molecule has 0 saturated carbocycles. The maximum Gasteiger partial charge on any atom is 0.414 e. The number of hydrogen-bond acceptors (Lipinski definition) is 5. The number of benzene rings is 1. The second-order valence-electron chi connectivity index (χ2n) is 7.04. The summed E-state index contributed by atoms with van der Waals surface area (Å²) in [5, 5.41) is 14.8. The Labute approximate surface area is 167 Å². The average molecular weight is 395 g/mol. The number of para-hydroxylation sites is 2. The zero-order valence-electron chi connectivity index (χ0n) is 16.9. The van der Waals surface area contributed by atoms with Gasteiger partial charge in [-0.1, -0.05) is 25.0 Å². The van der Waals surface area contributed by atoms with E-state index < -0.39 is 11.9 Å². The monoisotopic (exact) mass is 395 g/mol.